The molecular weight excluding hydrogens is 190 g/mol. The molecule has 2 aromatic heterocycles. The summed E-state index contributed by atoms with van der Waals surface area (Å²) in [7, 11) is 7.82. The van der Waals surface area contributed by atoms with Gasteiger partial charge in [-0.2, -0.15) is 4.98 Å². The Labute approximate surface area is 88.7 Å². The minimum atomic E-state index is 0.728. The van der Waals surface area contributed by atoms with E-state index in [0.29, 0.717) is 0 Å². The highest BCUT2D eigenvalue weighted by Gasteiger charge is 2.10. The summed E-state index contributed by atoms with van der Waals surface area (Å²) < 4.78 is 0. The SMILES string of the molecule is CN(C)c1nc(N(C)C)c2[nH]ccc2n1. The third-order valence-electron chi connectivity index (χ3n) is 2.20. The third kappa shape index (κ3) is 1.60. The lowest BCUT2D eigenvalue weighted by Gasteiger charge is -2.16. The van der Waals surface area contributed by atoms with E-state index in [2.05, 4.69) is 15.0 Å². The average Bonchev–Trinajstić information content (AvgIpc) is 2.62. The van der Waals surface area contributed by atoms with Crippen LogP contribution in [0.1, 0.15) is 0 Å². The lowest BCUT2D eigenvalue weighted by atomic mass is 10.4. The largest absolute Gasteiger partial charge is 0.361 e. The summed E-state index contributed by atoms with van der Waals surface area (Å²) in [6, 6.07) is 1.96. The maximum absolute atomic E-state index is 4.48. The van der Waals surface area contributed by atoms with Gasteiger partial charge < -0.3 is 14.8 Å². The third-order valence-corrected chi connectivity index (χ3v) is 2.20. The molecule has 0 radical (unpaired) electrons. The highest BCUT2D eigenvalue weighted by Crippen LogP contribution is 2.22. The molecule has 1 N–H and O–H groups in total. The van der Waals surface area contributed by atoms with E-state index in [1.54, 1.807) is 0 Å². The molecule has 0 aliphatic carbocycles. The Morgan fingerprint density at radius 3 is 2.40 bits per heavy atom. The number of hydrogen-bond donors (Lipinski definition) is 1. The van der Waals surface area contributed by atoms with Crippen molar-refractivity contribution in [1.29, 1.82) is 0 Å². The first-order valence-corrected chi connectivity index (χ1v) is 4.79. The maximum atomic E-state index is 4.48. The van der Waals surface area contributed by atoms with Gasteiger partial charge in [-0.15, -0.1) is 0 Å². The molecule has 0 spiro atoms. The van der Waals surface area contributed by atoms with E-state index in [1.807, 2.05) is 50.3 Å². The summed E-state index contributed by atoms with van der Waals surface area (Å²) in [6.45, 7) is 0. The number of H-pyrrole nitrogens is 1. The van der Waals surface area contributed by atoms with Gasteiger partial charge in [-0.25, -0.2) is 4.98 Å². The van der Waals surface area contributed by atoms with Crippen LogP contribution >= 0.6 is 0 Å². The molecule has 80 valence electrons. The molecule has 0 unspecified atom stereocenters. The number of anilines is 2. The van der Waals surface area contributed by atoms with Crippen LogP contribution in [-0.4, -0.2) is 43.1 Å². The van der Waals surface area contributed by atoms with Crippen molar-refractivity contribution in [3.63, 3.8) is 0 Å². The first-order chi connectivity index (χ1) is 7.09. The quantitative estimate of drug-likeness (QED) is 0.797. The summed E-state index contributed by atoms with van der Waals surface area (Å²) in [4.78, 5) is 15.9. The predicted molar refractivity (Wildman–Crippen MR) is 62.5 cm³/mol. The fourth-order valence-electron chi connectivity index (χ4n) is 1.44. The van der Waals surface area contributed by atoms with E-state index in [0.717, 1.165) is 22.8 Å². The average molecular weight is 205 g/mol. The van der Waals surface area contributed by atoms with Gasteiger partial charge in [0.15, 0.2) is 5.82 Å². The minimum absolute atomic E-state index is 0.728. The van der Waals surface area contributed by atoms with Gasteiger partial charge in [0.25, 0.3) is 0 Å². The number of nitrogens with zero attached hydrogens (tertiary/aromatic N) is 4. The second-order valence-electron chi connectivity index (χ2n) is 3.87. The summed E-state index contributed by atoms with van der Waals surface area (Å²) in [5.41, 5.74) is 1.92. The van der Waals surface area contributed by atoms with Gasteiger partial charge in [-0.3, -0.25) is 0 Å². The van der Waals surface area contributed by atoms with Crippen LogP contribution in [0.3, 0.4) is 0 Å². The van der Waals surface area contributed by atoms with Gasteiger partial charge in [0.05, 0.1) is 5.52 Å². The molecule has 2 heterocycles. The second kappa shape index (κ2) is 3.42. The van der Waals surface area contributed by atoms with Crippen molar-refractivity contribution in [2.75, 3.05) is 38.0 Å². The summed E-state index contributed by atoms with van der Waals surface area (Å²) in [6.07, 6.45) is 1.88. The van der Waals surface area contributed by atoms with E-state index < -0.39 is 0 Å². The Kier molecular flexibility index (Phi) is 2.22. The molecule has 5 heteroatoms. The zero-order valence-electron chi connectivity index (χ0n) is 9.44. The van der Waals surface area contributed by atoms with Crippen LogP contribution < -0.4 is 9.80 Å². The number of nitrogens with one attached hydrogen (secondary N) is 1. The topological polar surface area (TPSA) is 48.1 Å². The smallest absolute Gasteiger partial charge is 0.227 e. The van der Waals surface area contributed by atoms with Gasteiger partial charge in [0.2, 0.25) is 5.95 Å². The number of rotatable bonds is 2. The molecule has 0 atom stereocenters. The Morgan fingerprint density at radius 1 is 1.07 bits per heavy atom. The van der Waals surface area contributed by atoms with Crippen LogP contribution in [0.15, 0.2) is 12.3 Å². The molecule has 0 aliphatic heterocycles. The molecule has 0 aromatic carbocycles. The van der Waals surface area contributed by atoms with Gasteiger partial charge in [0, 0.05) is 34.4 Å². The van der Waals surface area contributed by atoms with Crippen LogP contribution in [0.25, 0.3) is 11.0 Å². The van der Waals surface area contributed by atoms with Gasteiger partial charge >= 0.3 is 0 Å². The van der Waals surface area contributed by atoms with Crippen molar-refractivity contribution in [2.24, 2.45) is 0 Å². The van der Waals surface area contributed by atoms with Crippen molar-refractivity contribution in [3.8, 4) is 0 Å². The molecule has 0 bridgehead atoms. The maximum Gasteiger partial charge on any atom is 0.227 e. The Hall–Kier alpha value is -1.78. The van der Waals surface area contributed by atoms with E-state index >= 15 is 0 Å². The molecular formula is C10H15N5. The molecule has 0 amide bonds. The molecule has 2 aromatic rings. The lowest BCUT2D eigenvalue weighted by Crippen LogP contribution is -2.17. The fourth-order valence-corrected chi connectivity index (χ4v) is 1.44. The number of aromatic amines is 1. The fraction of sp³-hybridized carbons (Fsp3) is 0.400. The Bertz CT molecular complexity index is 472. The van der Waals surface area contributed by atoms with Gasteiger partial charge in [0.1, 0.15) is 5.52 Å². The molecule has 0 aliphatic rings. The Morgan fingerprint density at radius 2 is 1.80 bits per heavy atom. The molecule has 0 saturated heterocycles. The molecule has 2 rings (SSSR count). The normalized spacial score (nSPS) is 10.7. The molecule has 15 heavy (non-hydrogen) atoms. The van der Waals surface area contributed by atoms with Gasteiger partial charge in [-0.05, 0) is 6.07 Å². The van der Waals surface area contributed by atoms with Crippen molar-refractivity contribution in [2.45, 2.75) is 0 Å². The van der Waals surface area contributed by atoms with E-state index in [1.165, 1.54) is 0 Å². The first kappa shape index (κ1) is 9.76. The van der Waals surface area contributed by atoms with Crippen molar-refractivity contribution in [1.82, 2.24) is 15.0 Å². The van der Waals surface area contributed by atoms with Crippen LogP contribution in [0.5, 0.6) is 0 Å². The zero-order chi connectivity index (χ0) is 11.0. The van der Waals surface area contributed by atoms with Gasteiger partial charge in [-0.1, -0.05) is 0 Å². The summed E-state index contributed by atoms with van der Waals surface area (Å²) in [5.74, 6) is 1.64. The van der Waals surface area contributed by atoms with Crippen LogP contribution in [0.2, 0.25) is 0 Å². The summed E-state index contributed by atoms with van der Waals surface area (Å²) >= 11 is 0. The Balaban J connectivity index is 2.69. The molecule has 0 fully saturated rings. The zero-order valence-corrected chi connectivity index (χ0v) is 9.44. The minimum Gasteiger partial charge on any atom is -0.361 e. The highest BCUT2D eigenvalue weighted by atomic mass is 15.3. The van der Waals surface area contributed by atoms with Crippen LogP contribution in [-0.2, 0) is 0 Å². The highest BCUT2D eigenvalue weighted by molar-refractivity contribution is 5.87. The van der Waals surface area contributed by atoms with Crippen LogP contribution in [0, 0.1) is 0 Å². The second-order valence-corrected chi connectivity index (χ2v) is 3.87. The standard InChI is InChI=1S/C10H15N5/c1-14(2)9-8-7(5-6-11-8)12-10(13-9)15(3)4/h5-6,11H,1-4H3. The van der Waals surface area contributed by atoms with E-state index in [4.69, 9.17) is 0 Å². The van der Waals surface area contributed by atoms with Crippen LogP contribution in [0.4, 0.5) is 11.8 Å². The van der Waals surface area contributed by atoms with E-state index in [-0.39, 0.29) is 0 Å². The van der Waals surface area contributed by atoms with E-state index in [9.17, 15) is 0 Å². The lowest BCUT2D eigenvalue weighted by molar-refractivity contribution is 0.986. The monoisotopic (exact) mass is 205 g/mol. The van der Waals surface area contributed by atoms with Crippen molar-refractivity contribution < 1.29 is 0 Å². The van der Waals surface area contributed by atoms with Crippen molar-refractivity contribution >= 4 is 22.8 Å². The first-order valence-electron chi connectivity index (χ1n) is 4.79. The number of aromatic nitrogens is 3. The number of fused-ring (bicyclic) bond motifs is 1. The van der Waals surface area contributed by atoms with Crippen molar-refractivity contribution in [3.05, 3.63) is 12.3 Å². The molecule has 5 nitrogen and oxygen atoms in total. The predicted octanol–water partition coefficient (Wildman–Crippen LogP) is 1.09. The number of hydrogen-bond acceptors (Lipinski definition) is 4. The molecule has 0 saturated carbocycles. The summed E-state index contributed by atoms with van der Waals surface area (Å²) in [5, 5.41) is 0.